The van der Waals surface area contributed by atoms with Crippen LogP contribution in [-0.4, -0.2) is 45.4 Å². The van der Waals surface area contributed by atoms with E-state index in [1.54, 1.807) is 19.1 Å². The van der Waals surface area contributed by atoms with E-state index in [1.807, 2.05) is 0 Å². The van der Waals surface area contributed by atoms with Gasteiger partial charge in [-0.15, -0.1) is 0 Å². The Labute approximate surface area is 138 Å². The van der Waals surface area contributed by atoms with Crippen LogP contribution in [0, 0.1) is 16.0 Å². The van der Waals surface area contributed by atoms with Gasteiger partial charge >= 0.3 is 5.97 Å². The Balaban J connectivity index is 1.83. The monoisotopic (exact) mass is 333 g/mol. The fraction of sp³-hybridized carbons (Fsp3) is 0.500. The van der Waals surface area contributed by atoms with Crippen molar-refractivity contribution < 1.29 is 19.6 Å². The van der Waals surface area contributed by atoms with E-state index in [0.717, 1.165) is 12.8 Å². The molecule has 24 heavy (non-hydrogen) atoms. The highest BCUT2D eigenvalue weighted by Crippen LogP contribution is 2.33. The molecule has 2 aliphatic rings. The molecule has 128 valence electrons. The molecule has 1 saturated carbocycles. The van der Waals surface area contributed by atoms with Crippen molar-refractivity contribution in [2.75, 3.05) is 11.9 Å². The predicted molar refractivity (Wildman–Crippen MR) is 86.0 cm³/mol. The molecule has 1 aromatic carbocycles. The van der Waals surface area contributed by atoms with Gasteiger partial charge in [-0.25, -0.2) is 0 Å². The number of carboxylic acid groups (broad SMARTS) is 1. The van der Waals surface area contributed by atoms with Crippen molar-refractivity contribution in [2.45, 2.75) is 38.3 Å². The summed E-state index contributed by atoms with van der Waals surface area (Å²) >= 11 is 0. The summed E-state index contributed by atoms with van der Waals surface area (Å²) in [6.07, 6.45) is 2.37. The molecule has 2 unspecified atom stereocenters. The molecule has 0 bridgehead atoms. The van der Waals surface area contributed by atoms with E-state index in [4.69, 9.17) is 5.11 Å². The highest BCUT2D eigenvalue weighted by atomic mass is 16.6. The topological polar surface area (TPSA) is 113 Å². The summed E-state index contributed by atoms with van der Waals surface area (Å²) in [6.45, 7) is 2.04. The van der Waals surface area contributed by atoms with Gasteiger partial charge in [-0.3, -0.25) is 19.7 Å². The van der Waals surface area contributed by atoms with Crippen molar-refractivity contribution >= 4 is 23.3 Å². The number of carboxylic acids is 1. The zero-order chi connectivity index (χ0) is 17.4. The minimum Gasteiger partial charge on any atom is -0.481 e. The van der Waals surface area contributed by atoms with Crippen LogP contribution in [0.4, 0.5) is 11.4 Å². The van der Waals surface area contributed by atoms with Crippen molar-refractivity contribution in [1.29, 1.82) is 0 Å². The molecule has 1 aliphatic carbocycles. The molecule has 1 amide bonds. The van der Waals surface area contributed by atoms with Crippen LogP contribution in [0.2, 0.25) is 0 Å². The van der Waals surface area contributed by atoms with Crippen LogP contribution in [0.25, 0.3) is 0 Å². The lowest BCUT2D eigenvalue weighted by Gasteiger charge is -2.23. The third-order valence-corrected chi connectivity index (χ3v) is 4.71. The van der Waals surface area contributed by atoms with Gasteiger partial charge in [-0.2, -0.15) is 0 Å². The molecule has 0 aromatic heterocycles. The first-order chi connectivity index (χ1) is 11.4. The van der Waals surface area contributed by atoms with Crippen LogP contribution >= 0.6 is 0 Å². The SMILES string of the molecule is CC1C(C(=O)O)CCN1C(=O)c1ccc(NC2CC2)c([N+](=O)[O-])c1. The molecular weight excluding hydrogens is 314 g/mol. The van der Waals surface area contributed by atoms with Gasteiger partial charge in [-0.05, 0) is 38.3 Å². The Morgan fingerprint density at radius 1 is 1.33 bits per heavy atom. The van der Waals surface area contributed by atoms with Gasteiger partial charge < -0.3 is 15.3 Å². The first-order valence-corrected chi connectivity index (χ1v) is 7.97. The van der Waals surface area contributed by atoms with Crippen molar-refractivity contribution in [3.8, 4) is 0 Å². The van der Waals surface area contributed by atoms with E-state index in [1.165, 1.54) is 11.0 Å². The third kappa shape index (κ3) is 3.04. The smallest absolute Gasteiger partial charge is 0.308 e. The molecule has 0 spiro atoms. The van der Waals surface area contributed by atoms with Crippen LogP contribution in [0.5, 0.6) is 0 Å². The number of carbonyl (C=O) groups excluding carboxylic acids is 1. The third-order valence-electron chi connectivity index (χ3n) is 4.71. The second kappa shape index (κ2) is 6.10. The second-order valence-corrected chi connectivity index (χ2v) is 6.38. The fourth-order valence-electron chi connectivity index (χ4n) is 3.11. The molecular formula is C16H19N3O5. The summed E-state index contributed by atoms with van der Waals surface area (Å²) in [7, 11) is 0. The Hall–Kier alpha value is -2.64. The minimum atomic E-state index is -0.923. The lowest BCUT2D eigenvalue weighted by molar-refractivity contribution is -0.384. The van der Waals surface area contributed by atoms with Crippen molar-refractivity contribution in [3.63, 3.8) is 0 Å². The number of nitro benzene ring substituents is 1. The van der Waals surface area contributed by atoms with Crippen molar-refractivity contribution in [3.05, 3.63) is 33.9 Å². The van der Waals surface area contributed by atoms with E-state index < -0.39 is 22.9 Å². The normalized spacial score (nSPS) is 23.1. The summed E-state index contributed by atoms with van der Waals surface area (Å²) in [6, 6.07) is 4.21. The number of aliphatic carboxylic acids is 1. The number of carbonyl (C=O) groups is 2. The summed E-state index contributed by atoms with van der Waals surface area (Å²) < 4.78 is 0. The number of hydrogen-bond donors (Lipinski definition) is 2. The summed E-state index contributed by atoms with van der Waals surface area (Å²) in [5.74, 6) is -1.89. The molecule has 8 nitrogen and oxygen atoms in total. The van der Waals surface area contributed by atoms with E-state index in [-0.39, 0.29) is 23.2 Å². The first-order valence-electron chi connectivity index (χ1n) is 7.97. The summed E-state index contributed by atoms with van der Waals surface area (Å²) in [4.78, 5) is 36.1. The number of rotatable bonds is 5. The van der Waals surface area contributed by atoms with Gasteiger partial charge in [0.15, 0.2) is 0 Å². The number of hydrogen-bond acceptors (Lipinski definition) is 5. The number of nitro groups is 1. The number of nitrogens with zero attached hydrogens (tertiary/aromatic N) is 2. The number of amides is 1. The Morgan fingerprint density at radius 2 is 2.04 bits per heavy atom. The standard InChI is InChI=1S/C16H19N3O5/c1-9-12(16(21)22)6-7-18(9)15(20)10-2-5-13(17-11-3-4-11)14(8-10)19(23)24/h2,5,8-9,11-12,17H,3-4,6-7H2,1H3,(H,21,22). The lowest BCUT2D eigenvalue weighted by Crippen LogP contribution is -2.37. The maximum atomic E-state index is 12.6. The average molecular weight is 333 g/mol. The second-order valence-electron chi connectivity index (χ2n) is 6.38. The van der Waals surface area contributed by atoms with Crippen molar-refractivity contribution in [2.24, 2.45) is 5.92 Å². The number of anilines is 1. The van der Waals surface area contributed by atoms with Gasteiger partial charge in [0, 0.05) is 30.3 Å². The van der Waals surface area contributed by atoms with Gasteiger partial charge in [0.1, 0.15) is 5.69 Å². The average Bonchev–Trinajstić information content (AvgIpc) is 3.26. The molecule has 3 rings (SSSR count). The molecule has 2 atom stereocenters. The lowest BCUT2D eigenvalue weighted by atomic mass is 10.0. The Kier molecular flexibility index (Phi) is 4.13. The molecule has 2 fully saturated rings. The van der Waals surface area contributed by atoms with Crippen LogP contribution in [0.3, 0.4) is 0 Å². The van der Waals surface area contributed by atoms with Crippen LogP contribution in [0.1, 0.15) is 36.5 Å². The summed E-state index contributed by atoms with van der Waals surface area (Å²) in [5, 5.41) is 23.5. The largest absolute Gasteiger partial charge is 0.481 e. The van der Waals surface area contributed by atoms with E-state index in [9.17, 15) is 19.7 Å². The molecule has 1 aromatic rings. The maximum Gasteiger partial charge on any atom is 0.308 e. The fourth-order valence-corrected chi connectivity index (χ4v) is 3.11. The molecule has 1 saturated heterocycles. The highest BCUT2D eigenvalue weighted by Gasteiger charge is 2.38. The zero-order valence-corrected chi connectivity index (χ0v) is 13.3. The predicted octanol–water partition coefficient (Wildman–Crippen LogP) is 2.10. The Morgan fingerprint density at radius 3 is 2.58 bits per heavy atom. The highest BCUT2D eigenvalue weighted by molar-refractivity contribution is 5.96. The van der Waals surface area contributed by atoms with E-state index >= 15 is 0 Å². The van der Waals surface area contributed by atoms with Gasteiger partial charge in [0.25, 0.3) is 11.6 Å². The summed E-state index contributed by atoms with van der Waals surface area (Å²) in [5.41, 5.74) is 0.493. The zero-order valence-electron chi connectivity index (χ0n) is 13.3. The van der Waals surface area contributed by atoms with Gasteiger partial charge in [0.2, 0.25) is 0 Å². The first kappa shape index (κ1) is 16.2. The minimum absolute atomic E-state index is 0.130. The van der Waals surface area contributed by atoms with Crippen LogP contribution < -0.4 is 5.32 Å². The maximum absolute atomic E-state index is 12.6. The number of benzene rings is 1. The molecule has 1 aliphatic heterocycles. The van der Waals surface area contributed by atoms with Crippen molar-refractivity contribution in [1.82, 2.24) is 4.90 Å². The van der Waals surface area contributed by atoms with Crippen LogP contribution in [-0.2, 0) is 4.79 Å². The molecule has 2 N–H and O–H groups in total. The number of nitrogens with one attached hydrogen (secondary N) is 1. The van der Waals surface area contributed by atoms with Gasteiger partial charge in [-0.1, -0.05) is 0 Å². The quantitative estimate of drug-likeness (QED) is 0.630. The van der Waals surface area contributed by atoms with Gasteiger partial charge in [0.05, 0.1) is 10.8 Å². The number of likely N-dealkylation sites (tertiary alicyclic amines) is 1. The van der Waals surface area contributed by atoms with E-state index in [0.29, 0.717) is 18.7 Å². The van der Waals surface area contributed by atoms with Crippen LogP contribution in [0.15, 0.2) is 18.2 Å². The molecule has 1 heterocycles. The Bertz CT molecular complexity index is 701. The molecule has 0 radical (unpaired) electrons. The molecule has 8 heteroatoms. The van der Waals surface area contributed by atoms with E-state index in [2.05, 4.69) is 5.32 Å².